The fourth-order valence-electron chi connectivity index (χ4n) is 2.75. The number of hydrogen-bond acceptors (Lipinski definition) is 2. The first-order chi connectivity index (χ1) is 8.25. The molecule has 0 aromatic heterocycles. The second kappa shape index (κ2) is 6.55. The smallest absolute Gasteiger partial charge is 0.168 e. The van der Waals surface area contributed by atoms with Crippen molar-refractivity contribution in [3.63, 3.8) is 0 Å². The van der Waals surface area contributed by atoms with Gasteiger partial charge in [0.25, 0.3) is 0 Å². The van der Waals surface area contributed by atoms with E-state index in [1.165, 1.54) is 38.5 Å². The number of ether oxygens (including phenoxy) is 1. The zero-order valence-corrected chi connectivity index (χ0v) is 11.6. The Morgan fingerprint density at radius 1 is 1.24 bits per heavy atom. The molecule has 4 heteroatoms. The van der Waals surface area contributed by atoms with Gasteiger partial charge in [-0.05, 0) is 43.8 Å². The van der Waals surface area contributed by atoms with Gasteiger partial charge in [0.05, 0.1) is 0 Å². The summed E-state index contributed by atoms with van der Waals surface area (Å²) in [5, 5.41) is 4.43. The first-order valence-corrected chi connectivity index (χ1v) is 7.26. The van der Waals surface area contributed by atoms with Crippen LogP contribution in [0.3, 0.4) is 0 Å². The molecule has 2 rings (SSSR count). The molecular weight excluding hydrogens is 232 g/mol. The van der Waals surface area contributed by atoms with Crippen LogP contribution >= 0.6 is 12.2 Å². The minimum Gasteiger partial charge on any atom is -0.381 e. The SMILES string of the molecule is CN(CC1CCOCC1)C(=S)NC1CCCC1. The first kappa shape index (κ1) is 13.1. The Morgan fingerprint density at radius 2 is 1.88 bits per heavy atom. The molecule has 0 amide bonds. The number of nitrogens with zero attached hydrogens (tertiary/aromatic N) is 1. The van der Waals surface area contributed by atoms with Crippen molar-refractivity contribution >= 4 is 17.3 Å². The Labute approximate surface area is 110 Å². The minimum absolute atomic E-state index is 0.625. The Bertz CT molecular complexity index is 248. The van der Waals surface area contributed by atoms with E-state index in [9.17, 15) is 0 Å². The number of hydrogen-bond donors (Lipinski definition) is 1. The van der Waals surface area contributed by atoms with E-state index in [2.05, 4.69) is 17.3 Å². The molecule has 0 bridgehead atoms. The fraction of sp³-hybridized carbons (Fsp3) is 0.923. The average molecular weight is 256 g/mol. The summed E-state index contributed by atoms with van der Waals surface area (Å²) in [5.74, 6) is 0.747. The minimum atomic E-state index is 0.625. The van der Waals surface area contributed by atoms with Crippen molar-refractivity contribution in [2.45, 2.75) is 44.6 Å². The number of thiocarbonyl (C=S) groups is 1. The highest BCUT2D eigenvalue weighted by Gasteiger charge is 2.20. The lowest BCUT2D eigenvalue weighted by Crippen LogP contribution is -2.44. The van der Waals surface area contributed by atoms with Gasteiger partial charge in [0.2, 0.25) is 0 Å². The van der Waals surface area contributed by atoms with E-state index < -0.39 is 0 Å². The topological polar surface area (TPSA) is 24.5 Å². The second-order valence-electron chi connectivity index (χ2n) is 5.37. The van der Waals surface area contributed by atoms with Crippen LogP contribution < -0.4 is 5.32 Å². The van der Waals surface area contributed by atoms with Crippen molar-refractivity contribution in [2.24, 2.45) is 5.92 Å². The van der Waals surface area contributed by atoms with Gasteiger partial charge in [-0.1, -0.05) is 12.8 Å². The van der Waals surface area contributed by atoms with Crippen LogP contribution in [-0.4, -0.2) is 42.9 Å². The summed E-state index contributed by atoms with van der Waals surface area (Å²) in [6, 6.07) is 0.625. The molecule has 0 aromatic rings. The van der Waals surface area contributed by atoms with Crippen LogP contribution in [0.5, 0.6) is 0 Å². The molecule has 1 heterocycles. The Kier molecular flexibility index (Phi) is 5.04. The Hall–Kier alpha value is -0.350. The monoisotopic (exact) mass is 256 g/mol. The highest BCUT2D eigenvalue weighted by molar-refractivity contribution is 7.80. The Balaban J connectivity index is 1.70. The molecule has 98 valence electrons. The van der Waals surface area contributed by atoms with Crippen molar-refractivity contribution < 1.29 is 4.74 Å². The normalized spacial score (nSPS) is 22.6. The predicted octanol–water partition coefficient (Wildman–Crippen LogP) is 2.16. The van der Waals surface area contributed by atoms with Gasteiger partial charge in [-0.3, -0.25) is 0 Å². The lowest BCUT2D eigenvalue weighted by molar-refractivity contribution is 0.0611. The largest absolute Gasteiger partial charge is 0.381 e. The molecule has 0 aromatic carbocycles. The summed E-state index contributed by atoms with van der Waals surface area (Å²) in [5.41, 5.74) is 0. The van der Waals surface area contributed by atoms with Gasteiger partial charge >= 0.3 is 0 Å². The molecule has 1 saturated heterocycles. The maximum atomic E-state index is 5.47. The summed E-state index contributed by atoms with van der Waals surface area (Å²) in [6.45, 7) is 2.91. The molecule has 3 nitrogen and oxygen atoms in total. The van der Waals surface area contributed by atoms with E-state index >= 15 is 0 Å². The molecule has 0 unspecified atom stereocenters. The van der Waals surface area contributed by atoms with Gasteiger partial charge in [-0.2, -0.15) is 0 Å². The highest BCUT2D eigenvalue weighted by Crippen LogP contribution is 2.19. The van der Waals surface area contributed by atoms with Crippen LogP contribution in [0, 0.1) is 5.92 Å². The predicted molar refractivity (Wildman–Crippen MR) is 74.2 cm³/mol. The molecule has 1 aliphatic carbocycles. The van der Waals surface area contributed by atoms with Crippen LogP contribution in [0.15, 0.2) is 0 Å². The maximum absolute atomic E-state index is 5.47. The number of rotatable bonds is 3. The van der Waals surface area contributed by atoms with E-state index in [1.54, 1.807) is 0 Å². The van der Waals surface area contributed by atoms with E-state index in [0.717, 1.165) is 30.8 Å². The van der Waals surface area contributed by atoms with Crippen LogP contribution in [0.4, 0.5) is 0 Å². The molecule has 0 radical (unpaired) electrons. The Morgan fingerprint density at radius 3 is 2.53 bits per heavy atom. The zero-order valence-electron chi connectivity index (χ0n) is 10.8. The fourth-order valence-corrected chi connectivity index (χ4v) is 3.00. The van der Waals surface area contributed by atoms with Crippen molar-refractivity contribution in [1.29, 1.82) is 0 Å². The lowest BCUT2D eigenvalue weighted by Gasteiger charge is -2.30. The van der Waals surface area contributed by atoms with Crippen LogP contribution in [0.2, 0.25) is 0 Å². The molecule has 1 saturated carbocycles. The first-order valence-electron chi connectivity index (χ1n) is 6.85. The second-order valence-corrected chi connectivity index (χ2v) is 5.75. The summed E-state index contributed by atoms with van der Waals surface area (Å²) < 4.78 is 5.38. The van der Waals surface area contributed by atoms with Crippen LogP contribution in [-0.2, 0) is 4.74 Å². The highest BCUT2D eigenvalue weighted by atomic mass is 32.1. The quantitative estimate of drug-likeness (QED) is 0.782. The van der Waals surface area contributed by atoms with Crippen molar-refractivity contribution in [2.75, 3.05) is 26.8 Å². The maximum Gasteiger partial charge on any atom is 0.168 e. The average Bonchev–Trinajstić information content (AvgIpc) is 2.83. The van der Waals surface area contributed by atoms with Gasteiger partial charge in [-0.15, -0.1) is 0 Å². The van der Waals surface area contributed by atoms with Gasteiger partial charge in [0.15, 0.2) is 5.11 Å². The number of nitrogens with one attached hydrogen (secondary N) is 1. The van der Waals surface area contributed by atoms with Crippen molar-refractivity contribution in [3.8, 4) is 0 Å². The van der Waals surface area contributed by atoms with E-state index in [4.69, 9.17) is 17.0 Å². The summed E-state index contributed by atoms with van der Waals surface area (Å²) >= 11 is 5.47. The molecule has 1 aliphatic heterocycles. The van der Waals surface area contributed by atoms with E-state index in [0.29, 0.717) is 6.04 Å². The lowest BCUT2D eigenvalue weighted by atomic mass is 10.0. The van der Waals surface area contributed by atoms with Gasteiger partial charge < -0.3 is 15.0 Å². The molecule has 0 spiro atoms. The third-order valence-corrected chi connectivity index (χ3v) is 4.33. The summed E-state index contributed by atoms with van der Waals surface area (Å²) in [6.07, 6.45) is 7.62. The zero-order chi connectivity index (χ0) is 12.1. The van der Waals surface area contributed by atoms with E-state index in [1.807, 2.05) is 0 Å². The molecule has 2 aliphatic rings. The van der Waals surface area contributed by atoms with E-state index in [-0.39, 0.29) is 0 Å². The van der Waals surface area contributed by atoms with Crippen molar-refractivity contribution in [3.05, 3.63) is 0 Å². The van der Waals surface area contributed by atoms with Crippen LogP contribution in [0.1, 0.15) is 38.5 Å². The summed E-state index contributed by atoms with van der Waals surface area (Å²) in [7, 11) is 2.11. The molecule has 17 heavy (non-hydrogen) atoms. The third-order valence-electron chi connectivity index (χ3n) is 3.90. The van der Waals surface area contributed by atoms with Crippen molar-refractivity contribution in [1.82, 2.24) is 10.2 Å². The van der Waals surface area contributed by atoms with Gasteiger partial charge in [0, 0.05) is 32.8 Å². The standard InChI is InChI=1S/C13H24N2OS/c1-15(10-11-6-8-16-9-7-11)13(17)14-12-4-2-3-5-12/h11-12H,2-10H2,1H3,(H,14,17). The summed E-state index contributed by atoms with van der Waals surface area (Å²) in [4.78, 5) is 2.21. The third kappa shape index (κ3) is 4.11. The molecule has 2 fully saturated rings. The van der Waals surface area contributed by atoms with Gasteiger partial charge in [0.1, 0.15) is 0 Å². The molecule has 0 atom stereocenters. The van der Waals surface area contributed by atoms with Gasteiger partial charge in [-0.25, -0.2) is 0 Å². The molecular formula is C13H24N2OS. The molecule has 1 N–H and O–H groups in total. The van der Waals surface area contributed by atoms with Crippen LogP contribution in [0.25, 0.3) is 0 Å².